The van der Waals surface area contributed by atoms with Gasteiger partial charge in [-0.2, -0.15) is 0 Å². The van der Waals surface area contributed by atoms with Crippen LogP contribution in [0.25, 0.3) is 0 Å². The molecule has 1 atom stereocenters. The maximum atomic E-state index is 14.0. The van der Waals surface area contributed by atoms with E-state index >= 15 is 0 Å². The highest BCUT2D eigenvalue weighted by atomic mass is 79.9. The predicted molar refractivity (Wildman–Crippen MR) is 164 cm³/mol. The fraction of sp³-hybridized carbons (Fsp3) is 0.333. The average Bonchev–Trinajstić information content (AvgIpc) is 2.91. The molecule has 7 nitrogen and oxygen atoms in total. The Bertz CT molecular complexity index is 1440. The van der Waals surface area contributed by atoms with Gasteiger partial charge in [-0.05, 0) is 74.2 Å². The Hall–Kier alpha value is -2.88. The fourth-order valence-electron chi connectivity index (χ4n) is 4.04. The smallest absolute Gasteiger partial charge is 0.264 e. The molecule has 3 aromatic carbocycles. The van der Waals surface area contributed by atoms with Crippen LogP contribution in [0.15, 0.2) is 76.1 Å². The number of rotatable bonds is 11. The lowest BCUT2D eigenvalue weighted by molar-refractivity contribution is -0.139. The normalized spacial score (nSPS) is 12.2. The van der Waals surface area contributed by atoms with Gasteiger partial charge in [0.05, 0.1) is 10.6 Å². The van der Waals surface area contributed by atoms with Gasteiger partial charge in [-0.3, -0.25) is 13.9 Å². The van der Waals surface area contributed by atoms with Crippen molar-refractivity contribution in [3.8, 4) is 0 Å². The number of nitrogens with zero attached hydrogens (tertiary/aromatic N) is 2. The summed E-state index contributed by atoms with van der Waals surface area (Å²) in [6.07, 6.45) is 0. The first-order valence-corrected chi connectivity index (χ1v) is 15.6. The van der Waals surface area contributed by atoms with Crippen LogP contribution >= 0.6 is 27.5 Å². The van der Waals surface area contributed by atoms with Crippen molar-refractivity contribution in [2.45, 2.75) is 52.1 Å². The van der Waals surface area contributed by atoms with Crippen molar-refractivity contribution in [1.29, 1.82) is 0 Å². The van der Waals surface area contributed by atoms with Crippen LogP contribution in [-0.2, 0) is 26.2 Å². The first-order chi connectivity index (χ1) is 18.8. The van der Waals surface area contributed by atoms with Crippen LogP contribution in [0.5, 0.6) is 0 Å². The molecular weight excluding hydrogens is 614 g/mol. The minimum Gasteiger partial charge on any atom is -0.354 e. The number of nitrogens with one attached hydrogen (secondary N) is 1. The molecule has 2 amide bonds. The van der Waals surface area contributed by atoms with E-state index in [2.05, 4.69) is 21.2 Å². The quantitative estimate of drug-likeness (QED) is 0.272. The lowest BCUT2D eigenvalue weighted by atomic mass is 10.1. The molecule has 0 aromatic heterocycles. The van der Waals surface area contributed by atoms with Gasteiger partial charge in [-0.1, -0.05) is 77.3 Å². The van der Waals surface area contributed by atoms with Crippen LogP contribution in [0.1, 0.15) is 37.5 Å². The molecule has 0 aliphatic carbocycles. The Kier molecular flexibility index (Phi) is 10.8. The van der Waals surface area contributed by atoms with Crippen LogP contribution in [0.2, 0.25) is 5.02 Å². The van der Waals surface area contributed by atoms with Crippen LogP contribution in [0.4, 0.5) is 5.69 Å². The Labute approximate surface area is 250 Å². The third-order valence-corrected chi connectivity index (χ3v) is 9.23. The summed E-state index contributed by atoms with van der Waals surface area (Å²) < 4.78 is 29.9. The molecule has 3 aromatic rings. The molecule has 0 saturated carbocycles. The molecular formula is C30H35BrClN3O4S. The van der Waals surface area contributed by atoms with Gasteiger partial charge in [-0.25, -0.2) is 8.42 Å². The number of carbonyl (C=O) groups excluding carboxylic acids is 2. The van der Waals surface area contributed by atoms with Gasteiger partial charge in [0, 0.05) is 22.6 Å². The Morgan fingerprint density at radius 3 is 2.17 bits per heavy atom. The molecule has 0 heterocycles. The second-order valence-corrected chi connectivity index (χ2v) is 13.4. The molecule has 10 heteroatoms. The zero-order valence-electron chi connectivity index (χ0n) is 23.3. The SMILES string of the molecule is Cc1ccc(S(=O)(=O)N(CC(=O)N(Cc2ccc(Br)cc2)[C@H](C)C(=O)NCC(C)C)c2cccc(Cl)c2C)cc1. The van der Waals surface area contributed by atoms with Crippen LogP contribution in [0, 0.1) is 19.8 Å². The summed E-state index contributed by atoms with van der Waals surface area (Å²) in [6, 6.07) is 17.9. The van der Waals surface area contributed by atoms with E-state index in [0.29, 0.717) is 22.8 Å². The van der Waals surface area contributed by atoms with Gasteiger partial charge in [0.1, 0.15) is 12.6 Å². The fourth-order valence-corrected chi connectivity index (χ4v) is 5.94. The molecule has 0 fully saturated rings. The number of anilines is 1. The number of sulfonamides is 1. The number of aryl methyl sites for hydroxylation is 1. The highest BCUT2D eigenvalue weighted by Gasteiger charge is 2.33. The molecule has 0 aliphatic heterocycles. The molecule has 3 rings (SSSR count). The van der Waals surface area contributed by atoms with Crippen molar-refractivity contribution < 1.29 is 18.0 Å². The molecule has 0 radical (unpaired) electrons. The summed E-state index contributed by atoms with van der Waals surface area (Å²) in [5.41, 5.74) is 2.52. The number of halogens is 2. The maximum absolute atomic E-state index is 14.0. The Morgan fingerprint density at radius 2 is 1.57 bits per heavy atom. The van der Waals surface area contributed by atoms with E-state index in [9.17, 15) is 18.0 Å². The maximum Gasteiger partial charge on any atom is 0.264 e. The summed E-state index contributed by atoms with van der Waals surface area (Å²) >= 11 is 9.79. The number of carbonyl (C=O) groups is 2. The minimum absolute atomic E-state index is 0.0486. The zero-order valence-corrected chi connectivity index (χ0v) is 26.5. The van der Waals surface area contributed by atoms with Crippen LogP contribution < -0.4 is 9.62 Å². The molecule has 214 valence electrons. The van der Waals surface area contributed by atoms with Crippen molar-refractivity contribution in [2.75, 3.05) is 17.4 Å². The van der Waals surface area contributed by atoms with E-state index in [0.717, 1.165) is 19.9 Å². The van der Waals surface area contributed by atoms with Crippen molar-refractivity contribution in [3.05, 3.63) is 92.9 Å². The third-order valence-electron chi connectivity index (χ3n) is 6.51. The van der Waals surface area contributed by atoms with Crippen molar-refractivity contribution in [1.82, 2.24) is 10.2 Å². The summed E-state index contributed by atoms with van der Waals surface area (Å²) in [7, 11) is -4.16. The first-order valence-electron chi connectivity index (χ1n) is 13.0. The molecule has 0 bridgehead atoms. The predicted octanol–water partition coefficient (Wildman–Crippen LogP) is 6.10. The van der Waals surface area contributed by atoms with Gasteiger partial charge in [0.25, 0.3) is 10.0 Å². The van der Waals surface area contributed by atoms with E-state index in [1.807, 2.05) is 45.0 Å². The first kappa shape index (κ1) is 31.6. The second-order valence-electron chi connectivity index (χ2n) is 10.2. The number of hydrogen-bond acceptors (Lipinski definition) is 4. The lowest BCUT2D eigenvalue weighted by Gasteiger charge is -2.32. The summed E-state index contributed by atoms with van der Waals surface area (Å²) in [4.78, 5) is 28.6. The van der Waals surface area contributed by atoms with Gasteiger partial charge in [0.2, 0.25) is 11.8 Å². The number of amides is 2. The van der Waals surface area contributed by atoms with Gasteiger partial charge in [0.15, 0.2) is 0 Å². The highest BCUT2D eigenvalue weighted by molar-refractivity contribution is 9.10. The van der Waals surface area contributed by atoms with Crippen molar-refractivity contribution >= 4 is 55.1 Å². The van der Waals surface area contributed by atoms with Gasteiger partial charge >= 0.3 is 0 Å². The summed E-state index contributed by atoms with van der Waals surface area (Å²) in [5.74, 6) is -0.607. The molecule has 0 aliphatic rings. The van der Waals surface area contributed by atoms with E-state index in [4.69, 9.17) is 11.6 Å². The monoisotopic (exact) mass is 647 g/mol. The highest BCUT2D eigenvalue weighted by Crippen LogP contribution is 2.31. The molecule has 0 unspecified atom stereocenters. The summed E-state index contributed by atoms with van der Waals surface area (Å²) in [6.45, 7) is 9.25. The molecule has 40 heavy (non-hydrogen) atoms. The third kappa shape index (κ3) is 7.86. The van der Waals surface area contributed by atoms with Gasteiger partial charge < -0.3 is 10.2 Å². The van der Waals surface area contributed by atoms with E-state index < -0.39 is 28.5 Å². The summed E-state index contributed by atoms with van der Waals surface area (Å²) in [5, 5.41) is 3.26. The van der Waals surface area contributed by atoms with Crippen molar-refractivity contribution in [3.63, 3.8) is 0 Å². The molecule has 1 N–H and O–H groups in total. The van der Waals surface area contributed by atoms with Crippen LogP contribution in [0.3, 0.4) is 0 Å². The van der Waals surface area contributed by atoms with Gasteiger partial charge in [-0.15, -0.1) is 0 Å². The zero-order chi connectivity index (χ0) is 29.6. The Morgan fingerprint density at radius 1 is 0.950 bits per heavy atom. The van der Waals surface area contributed by atoms with Crippen LogP contribution in [-0.4, -0.2) is 44.3 Å². The molecule has 0 saturated heterocycles. The lowest BCUT2D eigenvalue weighted by Crippen LogP contribution is -2.51. The van der Waals surface area contributed by atoms with E-state index in [1.165, 1.54) is 17.0 Å². The molecule has 0 spiro atoms. The standard InChI is InChI=1S/C30H35BrClN3O4S/c1-20(2)17-33-30(37)23(5)34(18-24-11-13-25(31)14-12-24)29(36)19-35(28-8-6-7-27(32)22(28)4)40(38,39)26-15-9-21(3)10-16-26/h6-16,20,23H,17-19H2,1-5H3,(H,33,37)/t23-/m1/s1. The van der Waals surface area contributed by atoms with Crippen molar-refractivity contribution in [2.24, 2.45) is 5.92 Å². The largest absolute Gasteiger partial charge is 0.354 e. The number of hydrogen-bond donors (Lipinski definition) is 1. The average molecular weight is 649 g/mol. The van der Waals surface area contributed by atoms with E-state index in [-0.39, 0.29) is 23.3 Å². The minimum atomic E-state index is -4.16. The topological polar surface area (TPSA) is 86.8 Å². The second kappa shape index (κ2) is 13.7. The number of benzene rings is 3. The Balaban J connectivity index is 2.05. The van der Waals surface area contributed by atoms with E-state index in [1.54, 1.807) is 44.2 Å².